The number of rotatable bonds is 1. The molecule has 154 valence electrons. The molecule has 0 spiro atoms. The Morgan fingerprint density at radius 2 is 1.55 bits per heavy atom. The Labute approximate surface area is 203 Å². The van der Waals surface area contributed by atoms with Crippen LogP contribution in [0.3, 0.4) is 0 Å². The SMILES string of the molecule is CC(C)(C)C1=CCC(c2[c-]c3c(cc2)-c2ccccc2C3)=C1.[CH2-]c1ccccc1.[CH2]=[Zr+2]. The van der Waals surface area contributed by atoms with Crippen LogP contribution in [0.25, 0.3) is 16.7 Å². The van der Waals surface area contributed by atoms with Gasteiger partial charge in [0.25, 0.3) is 0 Å². The van der Waals surface area contributed by atoms with Crippen molar-refractivity contribution in [3.05, 3.63) is 120 Å². The molecule has 31 heavy (non-hydrogen) atoms. The van der Waals surface area contributed by atoms with Gasteiger partial charge >= 0.3 is 28.4 Å². The van der Waals surface area contributed by atoms with Gasteiger partial charge in [-0.15, -0.1) is 47.0 Å². The number of hydrogen-bond donors (Lipinski definition) is 0. The van der Waals surface area contributed by atoms with E-state index in [9.17, 15) is 0 Å². The Morgan fingerprint density at radius 1 is 0.871 bits per heavy atom. The summed E-state index contributed by atoms with van der Waals surface area (Å²) in [5, 5.41) is 0. The summed E-state index contributed by atoms with van der Waals surface area (Å²) in [6.07, 6.45) is 6.78. The Balaban J connectivity index is 0.000000256. The Kier molecular flexibility index (Phi) is 7.85. The van der Waals surface area contributed by atoms with Crippen molar-refractivity contribution in [2.45, 2.75) is 33.6 Å². The second-order valence-corrected chi connectivity index (χ2v) is 8.87. The van der Waals surface area contributed by atoms with E-state index in [1.807, 2.05) is 30.3 Å². The zero-order valence-corrected chi connectivity index (χ0v) is 21.3. The second-order valence-electron chi connectivity index (χ2n) is 8.87. The molecule has 0 unspecified atom stereocenters. The summed E-state index contributed by atoms with van der Waals surface area (Å²) >= 11 is 1.30. The van der Waals surface area contributed by atoms with E-state index in [0.29, 0.717) is 0 Å². The van der Waals surface area contributed by atoms with Crippen LogP contribution in [0.5, 0.6) is 0 Å². The van der Waals surface area contributed by atoms with Gasteiger partial charge in [0.15, 0.2) is 0 Å². The van der Waals surface area contributed by atoms with E-state index in [0.717, 1.165) is 18.4 Å². The predicted molar refractivity (Wildman–Crippen MR) is 132 cm³/mol. The van der Waals surface area contributed by atoms with Gasteiger partial charge in [-0.05, 0) is 23.8 Å². The molecule has 2 aliphatic rings. The molecular weight excluding hydrogens is 452 g/mol. The Bertz CT molecular complexity index is 1090. The van der Waals surface area contributed by atoms with Gasteiger partial charge in [-0.1, -0.05) is 80.0 Å². The molecule has 0 N–H and O–H groups in total. The third-order valence-corrected chi connectivity index (χ3v) is 5.63. The van der Waals surface area contributed by atoms with Gasteiger partial charge < -0.3 is 0 Å². The van der Waals surface area contributed by atoms with Crippen LogP contribution in [-0.4, -0.2) is 4.21 Å². The van der Waals surface area contributed by atoms with Crippen molar-refractivity contribution in [3.8, 4) is 11.1 Å². The average molecular weight is 482 g/mol. The molecule has 0 atom stereocenters. The topological polar surface area (TPSA) is 0 Å². The third-order valence-electron chi connectivity index (χ3n) is 5.63. The van der Waals surface area contributed by atoms with Crippen LogP contribution >= 0.6 is 0 Å². The summed E-state index contributed by atoms with van der Waals surface area (Å²) in [6.45, 7) is 10.6. The molecule has 0 radical (unpaired) electrons. The summed E-state index contributed by atoms with van der Waals surface area (Å²) in [5.41, 5.74) is 10.9. The van der Waals surface area contributed by atoms with Gasteiger partial charge in [-0.25, -0.2) is 0 Å². The first kappa shape index (κ1) is 23.4. The fourth-order valence-corrected chi connectivity index (χ4v) is 3.96. The van der Waals surface area contributed by atoms with E-state index in [4.69, 9.17) is 0 Å². The predicted octanol–water partition coefficient (Wildman–Crippen LogP) is 7.65. The standard InChI is InChI=1S/C22H21.C7H7.CH2.Zr/c1-22(2,3)19-10-8-16(14-19)15-9-11-21-18(12-15)13-17-6-4-5-7-20(17)21;1-7-5-3-2-4-6-7;;/h4-7,9-11,14H,8,13H2,1-3H3;2-6H,1H2;1H2;/q2*-1;;+2. The van der Waals surface area contributed by atoms with Crippen molar-refractivity contribution in [1.82, 2.24) is 0 Å². The van der Waals surface area contributed by atoms with Crippen LogP contribution in [0.15, 0.2) is 84.5 Å². The molecule has 1 heteroatoms. The molecule has 0 aliphatic heterocycles. The number of benzene rings is 3. The van der Waals surface area contributed by atoms with E-state index >= 15 is 0 Å². The first-order valence-corrected chi connectivity index (χ1v) is 12.4. The molecule has 0 bridgehead atoms. The van der Waals surface area contributed by atoms with Crippen LogP contribution < -0.4 is 0 Å². The Morgan fingerprint density at radius 3 is 2.16 bits per heavy atom. The summed E-state index contributed by atoms with van der Waals surface area (Å²) in [4.78, 5) is 0. The summed E-state index contributed by atoms with van der Waals surface area (Å²) in [5.74, 6) is 0. The van der Waals surface area contributed by atoms with E-state index in [2.05, 4.69) is 86.5 Å². The van der Waals surface area contributed by atoms with Gasteiger partial charge in [0.1, 0.15) is 0 Å². The maximum absolute atomic E-state index is 3.72. The molecule has 5 rings (SSSR count). The van der Waals surface area contributed by atoms with E-state index in [-0.39, 0.29) is 5.41 Å². The quantitative estimate of drug-likeness (QED) is 0.245. The molecule has 0 heterocycles. The van der Waals surface area contributed by atoms with Gasteiger partial charge in [-0.3, -0.25) is 0 Å². The number of hydrogen-bond acceptors (Lipinski definition) is 0. The van der Waals surface area contributed by atoms with Crippen molar-refractivity contribution in [1.29, 1.82) is 0 Å². The summed E-state index contributed by atoms with van der Waals surface area (Å²) in [7, 11) is 0. The zero-order valence-electron chi connectivity index (χ0n) is 18.8. The molecule has 0 saturated carbocycles. The average Bonchev–Trinajstić information content (AvgIpc) is 3.41. The van der Waals surface area contributed by atoms with E-state index < -0.39 is 0 Å². The molecule has 0 saturated heterocycles. The van der Waals surface area contributed by atoms with Crippen molar-refractivity contribution in [3.63, 3.8) is 0 Å². The number of fused-ring (bicyclic) bond motifs is 3. The third kappa shape index (κ3) is 5.72. The van der Waals surface area contributed by atoms with Gasteiger partial charge in [0, 0.05) is 0 Å². The van der Waals surface area contributed by atoms with Gasteiger partial charge in [-0.2, -0.15) is 24.6 Å². The zero-order chi connectivity index (χ0) is 22.4. The molecular formula is C30H30Zr. The summed E-state index contributed by atoms with van der Waals surface area (Å²) in [6, 6.07) is 26.8. The molecule has 0 amide bonds. The minimum atomic E-state index is 0.231. The molecule has 2 aliphatic carbocycles. The fraction of sp³-hybridized carbons (Fsp3) is 0.200. The second kappa shape index (κ2) is 10.4. The molecule has 3 aromatic carbocycles. The summed E-state index contributed by atoms with van der Waals surface area (Å²) < 4.78 is 3.34. The monoisotopic (exact) mass is 480 g/mol. The first-order chi connectivity index (χ1) is 14.9. The molecule has 3 aromatic rings. The Hall–Kier alpha value is -2.24. The van der Waals surface area contributed by atoms with Crippen LogP contribution in [0.2, 0.25) is 0 Å². The normalized spacial score (nSPS) is 13.6. The van der Waals surface area contributed by atoms with Crippen molar-refractivity contribution in [2.24, 2.45) is 5.41 Å². The molecule has 0 fully saturated rings. The van der Waals surface area contributed by atoms with Crippen LogP contribution in [0.4, 0.5) is 0 Å². The fourth-order valence-electron chi connectivity index (χ4n) is 3.96. The van der Waals surface area contributed by atoms with Gasteiger partial charge in [0.05, 0.1) is 0 Å². The minimum absolute atomic E-state index is 0.231. The molecule has 0 nitrogen and oxygen atoms in total. The van der Waals surface area contributed by atoms with Crippen LogP contribution in [0, 0.1) is 18.4 Å². The van der Waals surface area contributed by atoms with E-state index in [1.54, 1.807) is 0 Å². The van der Waals surface area contributed by atoms with Crippen molar-refractivity contribution in [2.75, 3.05) is 0 Å². The number of allylic oxidation sites excluding steroid dienone is 4. The van der Waals surface area contributed by atoms with Crippen molar-refractivity contribution < 1.29 is 24.2 Å². The van der Waals surface area contributed by atoms with Crippen molar-refractivity contribution >= 4 is 9.78 Å². The van der Waals surface area contributed by atoms with E-state index in [1.165, 1.54) is 63.2 Å². The van der Waals surface area contributed by atoms with Crippen LogP contribution in [-0.2, 0) is 30.7 Å². The maximum atomic E-state index is 3.72. The first-order valence-electron chi connectivity index (χ1n) is 10.7. The van der Waals surface area contributed by atoms with Crippen LogP contribution in [0.1, 0.15) is 49.4 Å². The van der Waals surface area contributed by atoms with Gasteiger partial charge in [0.2, 0.25) is 0 Å². The molecule has 0 aromatic heterocycles.